The third kappa shape index (κ3) is 8.39. The number of rotatable bonds is 10. The third-order valence-electron chi connectivity index (χ3n) is 9.06. The molecule has 1 saturated heterocycles. The normalized spacial score (nSPS) is 21.5. The maximum Gasteiger partial charge on any atom is 0.416 e. The lowest BCUT2D eigenvalue weighted by atomic mass is 9.80. The Hall–Kier alpha value is -4.50. The van der Waals surface area contributed by atoms with E-state index in [1.54, 1.807) is 0 Å². The molecule has 5 rings (SSSR count). The van der Waals surface area contributed by atoms with Crippen LogP contribution >= 0.6 is 0 Å². The predicted octanol–water partition coefficient (Wildman–Crippen LogP) is 7.90. The van der Waals surface area contributed by atoms with Crippen molar-refractivity contribution in [3.63, 3.8) is 0 Å². The molecule has 9 nitrogen and oxygen atoms in total. The maximum atomic E-state index is 14.1. The molecule has 2 aliphatic rings. The summed E-state index contributed by atoms with van der Waals surface area (Å²) in [5, 5.41) is 9.16. The second-order valence-corrected chi connectivity index (χ2v) is 12.5. The van der Waals surface area contributed by atoms with Crippen LogP contribution in [0.25, 0.3) is 11.3 Å². The number of amides is 1. The van der Waals surface area contributed by atoms with Gasteiger partial charge < -0.3 is 14.7 Å². The molecule has 2 fully saturated rings. The fraction of sp³-hybridized carbons (Fsp3) is 0.485. The van der Waals surface area contributed by atoms with Crippen molar-refractivity contribution >= 4 is 17.9 Å². The Morgan fingerprint density at radius 1 is 0.980 bits per heavy atom. The number of carboxylic acid groups (broad SMARTS) is 1. The average molecular weight is 698 g/mol. The van der Waals surface area contributed by atoms with Gasteiger partial charge in [-0.1, -0.05) is 0 Å². The van der Waals surface area contributed by atoms with Gasteiger partial charge in [-0.05, 0) is 81.2 Å². The van der Waals surface area contributed by atoms with Crippen LogP contribution in [0.4, 0.5) is 41.3 Å². The van der Waals surface area contributed by atoms with Crippen molar-refractivity contribution in [2.24, 2.45) is 11.8 Å². The van der Waals surface area contributed by atoms with Gasteiger partial charge in [-0.2, -0.15) is 26.3 Å². The molecule has 3 heterocycles. The number of nitrogens with zero attached hydrogens (tertiary/aromatic N) is 5. The number of aliphatic carboxylic acids is 1. The Kier molecular flexibility index (Phi) is 10.3. The highest BCUT2D eigenvalue weighted by atomic mass is 19.4. The summed E-state index contributed by atoms with van der Waals surface area (Å²) < 4.78 is 101. The van der Waals surface area contributed by atoms with Gasteiger partial charge in [0.2, 0.25) is 0 Å². The fourth-order valence-electron chi connectivity index (χ4n) is 6.49. The van der Waals surface area contributed by atoms with Crippen LogP contribution in [0.2, 0.25) is 0 Å². The summed E-state index contributed by atoms with van der Waals surface area (Å²) in [5.41, 5.74) is -2.77. The first-order chi connectivity index (χ1) is 23.0. The van der Waals surface area contributed by atoms with Crippen molar-refractivity contribution in [2.45, 2.75) is 77.0 Å². The third-order valence-corrected chi connectivity index (χ3v) is 9.06. The number of benzene rings is 1. The van der Waals surface area contributed by atoms with Gasteiger partial charge in [0.1, 0.15) is 17.6 Å². The van der Waals surface area contributed by atoms with Crippen LogP contribution in [0.3, 0.4) is 0 Å². The summed E-state index contributed by atoms with van der Waals surface area (Å²) in [6.07, 6.45) is -5.61. The van der Waals surface area contributed by atoms with E-state index in [9.17, 15) is 40.3 Å². The summed E-state index contributed by atoms with van der Waals surface area (Å²) in [5.74, 6) is -0.783. The lowest BCUT2D eigenvalue weighted by Gasteiger charge is -2.33. The van der Waals surface area contributed by atoms with Gasteiger partial charge in [0, 0.05) is 31.3 Å². The Balaban J connectivity index is 1.46. The second kappa shape index (κ2) is 14.2. The van der Waals surface area contributed by atoms with E-state index in [4.69, 9.17) is 14.8 Å². The van der Waals surface area contributed by atoms with Crippen molar-refractivity contribution in [3.8, 4) is 11.3 Å². The van der Waals surface area contributed by atoms with Crippen LogP contribution in [0, 0.1) is 17.7 Å². The van der Waals surface area contributed by atoms with Gasteiger partial charge in [0.05, 0.1) is 41.8 Å². The predicted molar refractivity (Wildman–Crippen MR) is 161 cm³/mol. The molecular formula is C33H34F7N5O4. The van der Waals surface area contributed by atoms with Crippen molar-refractivity contribution in [1.29, 1.82) is 0 Å². The van der Waals surface area contributed by atoms with E-state index >= 15 is 0 Å². The van der Waals surface area contributed by atoms with Gasteiger partial charge in [-0.15, -0.1) is 0 Å². The zero-order valence-corrected chi connectivity index (χ0v) is 26.6. The maximum absolute atomic E-state index is 14.1. The van der Waals surface area contributed by atoms with Gasteiger partial charge in [0.15, 0.2) is 5.82 Å². The van der Waals surface area contributed by atoms with Crippen LogP contribution in [0.15, 0.2) is 42.9 Å². The van der Waals surface area contributed by atoms with Gasteiger partial charge in [0.25, 0.3) is 0 Å². The minimum absolute atomic E-state index is 0.00923. The first-order valence-corrected chi connectivity index (χ1v) is 15.7. The van der Waals surface area contributed by atoms with Crippen molar-refractivity contribution in [1.82, 2.24) is 19.9 Å². The Morgan fingerprint density at radius 3 is 2.18 bits per heavy atom. The molecule has 1 amide bonds. The standard InChI is InChI=1S/C33H34F7N5O4/c1-3-44(16-20-6-4-19(5-7-20)8-28(46)47)30-27(43-26(15-42-30)22-11-25(34)14-41-13-22)17-45-18(2)29(49-31(45)48)21-9-23(32(35,36)37)12-24(10-21)33(38,39)40/h9-15,18-20,29H,3-8,16-17H2,1-2H3,(H,46,47)/t18-,19?,20?,29-/m0/s1. The summed E-state index contributed by atoms with van der Waals surface area (Å²) in [4.78, 5) is 40.6. The number of alkyl halides is 6. The molecule has 16 heteroatoms. The highest BCUT2D eigenvalue weighted by Gasteiger charge is 2.44. The second-order valence-electron chi connectivity index (χ2n) is 12.5. The number of carboxylic acids is 1. The number of hydrogen-bond donors (Lipinski definition) is 1. The van der Waals surface area contributed by atoms with Crippen LogP contribution in [0.5, 0.6) is 0 Å². The molecule has 1 aliphatic heterocycles. The molecule has 2 atom stereocenters. The van der Waals surface area contributed by atoms with E-state index in [0.717, 1.165) is 36.8 Å². The molecule has 1 aliphatic carbocycles. The van der Waals surface area contributed by atoms with Gasteiger partial charge >= 0.3 is 24.4 Å². The fourth-order valence-corrected chi connectivity index (χ4v) is 6.49. The molecular weight excluding hydrogens is 663 g/mol. The van der Waals surface area contributed by atoms with E-state index in [0.29, 0.717) is 36.6 Å². The highest BCUT2D eigenvalue weighted by molar-refractivity contribution is 5.71. The van der Waals surface area contributed by atoms with Crippen LogP contribution < -0.4 is 4.90 Å². The van der Waals surface area contributed by atoms with Gasteiger partial charge in [-0.3, -0.25) is 14.7 Å². The molecule has 1 saturated carbocycles. The smallest absolute Gasteiger partial charge is 0.416 e. The Morgan fingerprint density at radius 2 is 1.61 bits per heavy atom. The topological polar surface area (TPSA) is 109 Å². The number of carbonyl (C=O) groups excluding carboxylic acids is 1. The number of ether oxygens (including phenoxy) is 1. The molecule has 3 aromatic rings. The number of cyclic esters (lactones) is 1. The average Bonchev–Trinajstić information content (AvgIpc) is 3.31. The van der Waals surface area contributed by atoms with Crippen molar-refractivity contribution in [3.05, 3.63) is 71.1 Å². The summed E-state index contributed by atoms with van der Waals surface area (Å²) >= 11 is 0. The summed E-state index contributed by atoms with van der Waals surface area (Å²) in [6.45, 7) is 4.06. The molecule has 0 radical (unpaired) electrons. The highest BCUT2D eigenvalue weighted by Crippen LogP contribution is 2.41. The Bertz CT molecular complexity index is 1650. The molecule has 0 bridgehead atoms. The van der Waals surface area contributed by atoms with Crippen molar-refractivity contribution < 1.29 is 50.2 Å². The molecule has 0 unspecified atom stereocenters. The lowest BCUT2D eigenvalue weighted by molar-refractivity contribution is -0.143. The minimum atomic E-state index is -5.09. The van der Waals surface area contributed by atoms with E-state index < -0.39 is 59.1 Å². The first kappa shape index (κ1) is 35.8. The Labute approximate surface area is 277 Å². The molecule has 264 valence electrons. The molecule has 1 N–H and O–H groups in total. The van der Waals surface area contributed by atoms with E-state index in [2.05, 4.69) is 9.97 Å². The lowest BCUT2D eigenvalue weighted by Crippen LogP contribution is -2.36. The molecule has 0 spiro atoms. The van der Waals surface area contributed by atoms with Gasteiger partial charge in [-0.25, -0.2) is 19.2 Å². The van der Waals surface area contributed by atoms with E-state index in [-0.39, 0.29) is 42.3 Å². The zero-order valence-electron chi connectivity index (χ0n) is 26.6. The SMILES string of the molecule is CCN(CC1CCC(CC(=O)O)CC1)c1ncc(-c2cncc(F)c2)nc1CN1C(=O)O[C@H](c2cc(C(F)(F)F)cc(C(F)(F)F)c2)[C@@H]1C. The minimum Gasteiger partial charge on any atom is -0.481 e. The quantitative estimate of drug-likeness (QED) is 0.213. The number of carbonyl (C=O) groups is 2. The first-order valence-electron chi connectivity index (χ1n) is 15.7. The van der Waals surface area contributed by atoms with Crippen LogP contribution in [-0.4, -0.2) is 56.2 Å². The molecule has 49 heavy (non-hydrogen) atoms. The number of pyridine rings is 1. The van der Waals surface area contributed by atoms with E-state index in [1.807, 2.05) is 11.8 Å². The summed E-state index contributed by atoms with van der Waals surface area (Å²) in [6, 6.07) is 1.27. The number of anilines is 1. The number of halogens is 7. The largest absolute Gasteiger partial charge is 0.481 e. The number of hydrogen-bond acceptors (Lipinski definition) is 7. The van der Waals surface area contributed by atoms with E-state index in [1.165, 1.54) is 25.4 Å². The number of aromatic nitrogens is 3. The molecule has 1 aromatic carbocycles. The van der Waals surface area contributed by atoms with Crippen LogP contribution in [-0.2, 0) is 28.4 Å². The zero-order chi connectivity index (χ0) is 35.7. The summed E-state index contributed by atoms with van der Waals surface area (Å²) in [7, 11) is 0. The monoisotopic (exact) mass is 697 g/mol. The van der Waals surface area contributed by atoms with Crippen molar-refractivity contribution in [2.75, 3.05) is 18.0 Å². The molecule has 2 aromatic heterocycles. The van der Waals surface area contributed by atoms with Crippen LogP contribution in [0.1, 0.15) is 74.4 Å².